The summed E-state index contributed by atoms with van der Waals surface area (Å²) >= 11 is 12.6. The van der Waals surface area contributed by atoms with Gasteiger partial charge in [0.15, 0.2) is 11.3 Å². The van der Waals surface area contributed by atoms with Crippen molar-refractivity contribution in [2.75, 3.05) is 7.11 Å². The lowest BCUT2D eigenvalue weighted by Gasteiger charge is -2.19. The molecule has 218 valence electrons. The number of hydrogen-bond donors (Lipinski definition) is 1. The van der Waals surface area contributed by atoms with Crippen molar-refractivity contribution in [3.63, 3.8) is 0 Å². The highest BCUT2D eigenvalue weighted by Gasteiger charge is 2.24. The Morgan fingerprint density at radius 3 is 2.43 bits per heavy atom. The van der Waals surface area contributed by atoms with Gasteiger partial charge >= 0.3 is 5.69 Å². The van der Waals surface area contributed by atoms with Crippen molar-refractivity contribution >= 4 is 34.2 Å². The second kappa shape index (κ2) is 10.9. The molecular formula is C28H26Cl2FN7O4. The lowest BCUT2D eigenvalue weighted by atomic mass is 10.0. The number of fused-ring (bicyclic) bond motifs is 1. The van der Waals surface area contributed by atoms with Crippen LogP contribution in [0.1, 0.15) is 36.5 Å². The largest absolute Gasteiger partial charge is 0.480 e. The number of aromatic nitrogens is 7. The molecule has 5 rings (SSSR count). The number of nitrogens with zero attached hydrogens (tertiary/aromatic N) is 7. The highest BCUT2D eigenvalue weighted by Crippen LogP contribution is 2.35. The van der Waals surface area contributed by atoms with Crippen LogP contribution in [0.2, 0.25) is 10.0 Å². The van der Waals surface area contributed by atoms with Gasteiger partial charge in [0.25, 0.3) is 5.56 Å². The van der Waals surface area contributed by atoms with Gasteiger partial charge in [-0.25, -0.2) is 24.1 Å². The summed E-state index contributed by atoms with van der Waals surface area (Å²) in [6.07, 6.45) is 1.45. The maximum Gasteiger partial charge on any atom is 0.332 e. The second-order valence-corrected chi connectivity index (χ2v) is 11.1. The van der Waals surface area contributed by atoms with Gasteiger partial charge in [0.05, 0.1) is 52.7 Å². The number of ether oxygens (including phenoxy) is 1. The standard InChI is InChI=1S/C28H26Cl2FN7O4/c1-14-8-19(31)18(30)9-15(14)11-37-20-10-16(23-17(29)6-7-21(33-23)28(2,3)41)25(42-5)34-24(20)26(39)38(27(37)40)12-22-32-13-36(4)35-22/h6-10,13,41H,11-12H2,1-5H3. The molecule has 0 atom stereocenters. The number of aliphatic hydroxyl groups is 1. The van der Waals surface area contributed by atoms with Crippen molar-refractivity contribution in [1.29, 1.82) is 0 Å². The Bertz CT molecular complexity index is 1980. The quantitative estimate of drug-likeness (QED) is 0.293. The van der Waals surface area contributed by atoms with Crippen LogP contribution in [-0.2, 0) is 25.7 Å². The molecule has 0 saturated heterocycles. The Morgan fingerprint density at radius 1 is 1.05 bits per heavy atom. The zero-order chi connectivity index (χ0) is 30.5. The molecular weight excluding hydrogens is 588 g/mol. The topological polar surface area (TPSA) is 130 Å². The maximum absolute atomic E-state index is 14.1. The number of methoxy groups -OCH3 is 1. The van der Waals surface area contributed by atoms with Gasteiger partial charge in [0, 0.05) is 7.05 Å². The van der Waals surface area contributed by atoms with E-state index in [1.54, 1.807) is 40.0 Å². The van der Waals surface area contributed by atoms with Gasteiger partial charge in [-0.05, 0) is 62.2 Å². The summed E-state index contributed by atoms with van der Waals surface area (Å²) in [5, 5.41) is 14.9. The molecule has 4 heterocycles. The number of rotatable bonds is 7. The molecule has 5 aromatic rings. The normalized spacial score (nSPS) is 11.8. The van der Waals surface area contributed by atoms with Crippen LogP contribution in [0.15, 0.2) is 46.2 Å². The lowest BCUT2D eigenvalue weighted by Crippen LogP contribution is -2.41. The summed E-state index contributed by atoms with van der Waals surface area (Å²) < 4.78 is 23.5. The Morgan fingerprint density at radius 2 is 1.79 bits per heavy atom. The molecule has 0 bridgehead atoms. The predicted molar refractivity (Wildman–Crippen MR) is 156 cm³/mol. The summed E-state index contributed by atoms with van der Waals surface area (Å²) in [5.74, 6) is -0.329. The Labute approximate surface area is 248 Å². The van der Waals surface area contributed by atoms with Gasteiger partial charge < -0.3 is 9.84 Å². The van der Waals surface area contributed by atoms with Crippen LogP contribution in [0.25, 0.3) is 22.3 Å². The zero-order valence-electron chi connectivity index (χ0n) is 23.3. The lowest BCUT2D eigenvalue weighted by molar-refractivity contribution is 0.0740. The third-order valence-corrected chi connectivity index (χ3v) is 7.34. The predicted octanol–water partition coefficient (Wildman–Crippen LogP) is 3.84. The van der Waals surface area contributed by atoms with Crippen LogP contribution in [0.5, 0.6) is 5.88 Å². The Hall–Kier alpha value is -4.13. The van der Waals surface area contributed by atoms with E-state index in [0.717, 1.165) is 4.57 Å². The number of pyridine rings is 2. The molecule has 0 amide bonds. The van der Waals surface area contributed by atoms with E-state index in [-0.39, 0.29) is 57.1 Å². The minimum absolute atomic E-state index is 0.0237. The van der Waals surface area contributed by atoms with Crippen molar-refractivity contribution in [3.8, 4) is 17.1 Å². The highest BCUT2D eigenvalue weighted by molar-refractivity contribution is 6.33. The summed E-state index contributed by atoms with van der Waals surface area (Å²) in [5.41, 5.74) is -0.653. The monoisotopic (exact) mass is 613 g/mol. The molecule has 0 radical (unpaired) electrons. The van der Waals surface area contributed by atoms with E-state index in [9.17, 15) is 19.1 Å². The zero-order valence-corrected chi connectivity index (χ0v) is 24.8. The van der Waals surface area contributed by atoms with Crippen molar-refractivity contribution < 1.29 is 14.2 Å². The van der Waals surface area contributed by atoms with Crippen LogP contribution >= 0.6 is 23.2 Å². The summed E-state index contributed by atoms with van der Waals surface area (Å²) in [6, 6.07) is 7.42. The molecule has 11 nitrogen and oxygen atoms in total. The van der Waals surface area contributed by atoms with Crippen molar-refractivity contribution in [2.24, 2.45) is 7.05 Å². The van der Waals surface area contributed by atoms with E-state index in [0.29, 0.717) is 16.8 Å². The molecule has 0 fully saturated rings. The van der Waals surface area contributed by atoms with Gasteiger partial charge in [-0.2, -0.15) is 5.10 Å². The summed E-state index contributed by atoms with van der Waals surface area (Å²) in [4.78, 5) is 40.9. The number of halogens is 3. The van der Waals surface area contributed by atoms with Crippen molar-refractivity contribution in [1.82, 2.24) is 33.9 Å². The average Bonchev–Trinajstić information content (AvgIpc) is 3.35. The van der Waals surface area contributed by atoms with E-state index in [4.69, 9.17) is 27.9 Å². The van der Waals surface area contributed by atoms with Crippen LogP contribution in [0.3, 0.4) is 0 Å². The van der Waals surface area contributed by atoms with Gasteiger partial charge in [-0.3, -0.25) is 18.6 Å². The first-order chi connectivity index (χ1) is 19.8. The SMILES string of the molecule is COc1nc2c(=O)n(Cc3ncn(C)n3)c(=O)n(Cc3cc(Cl)c(F)cc3C)c2cc1-c1nc(C(C)(C)O)ccc1Cl. The fourth-order valence-electron chi connectivity index (χ4n) is 4.53. The van der Waals surface area contributed by atoms with Gasteiger partial charge in [0.1, 0.15) is 17.7 Å². The molecule has 0 aliphatic rings. The number of aryl methyl sites for hydroxylation is 2. The summed E-state index contributed by atoms with van der Waals surface area (Å²) in [6.45, 7) is 4.55. The van der Waals surface area contributed by atoms with Gasteiger partial charge in [0.2, 0.25) is 5.88 Å². The second-order valence-electron chi connectivity index (χ2n) is 10.3. The van der Waals surface area contributed by atoms with Crippen LogP contribution < -0.4 is 16.0 Å². The minimum Gasteiger partial charge on any atom is -0.480 e. The van der Waals surface area contributed by atoms with Crippen LogP contribution in [0.4, 0.5) is 4.39 Å². The molecule has 1 aromatic carbocycles. The van der Waals surface area contributed by atoms with E-state index < -0.39 is 22.7 Å². The third kappa shape index (κ3) is 5.40. The molecule has 0 unspecified atom stereocenters. The fourth-order valence-corrected chi connectivity index (χ4v) is 4.92. The number of hydrogen-bond acceptors (Lipinski definition) is 8. The first-order valence-electron chi connectivity index (χ1n) is 12.7. The molecule has 42 heavy (non-hydrogen) atoms. The fraction of sp³-hybridized carbons (Fsp3) is 0.286. The van der Waals surface area contributed by atoms with E-state index in [2.05, 4.69) is 20.1 Å². The van der Waals surface area contributed by atoms with Crippen molar-refractivity contribution in [2.45, 2.75) is 39.5 Å². The molecule has 4 aromatic heterocycles. The maximum atomic E-state index is 14.1. The molecule has 1 N–H and O–H groups in total. The van der Waals surface area contributed by atoms with Gasteiger partial charge in [-0.1, -0.05) is 23.2 Å². The molecule has 0 aliphatic carbocycles. The molecule has 0 aliphatic heterocycles. The average molecular weight is 614 g/mol. The Balaban J connectivity index is 1.83. The minimum atomic E-state index is -1.29. The molecule has 14 heteroatoms. The third-order valence-electron chi connectivity index (χ3n) is 6.74. The molecule has 0 spiro atoms. The van der Waals surface area contributed by atoms with Crippen LogP contribution in [-0.4, -0.2) is 46.1 Å². The first-order valence-corrected chi connectivity index (χ1v) is 13.4. The van der Waals surface area contributed by atoms with E-state index >= 15 is 0 Å². The van der Waals surface area contributed by atoms with Gasteiger partial charge in [-0.15, -0.1) is 0 Å². The Kier molecular flexibility index (Phi) is 7.64. The van der Waals surface area contributed by atoms with Crippen molar-refractivity contribution in [3.05, 3.63) is 96.0 Å². The first kappa shape index (κ1) is 29.4. The van der Waals surface area contributed by atoms with E-state index in [1.165, 1.54) is 40.9 Å². The highest BCUT2D eigenvalue weighted by atomic mass is 35.5. The van der Waals surface area contributed by atoms with E-state index in [1.807, 2.05) is 0 Å². The van der Waals surface area contributed by atoms with Crippen LogP contribution in [0, 0.1) is 12.7 Å². The smallest absolute Gasteiger partial charge is 0.332 e. The number of benzene rings is 1. The summed E-state index contributed by atoms with van der Waals surface area (Å²) in [7, 11) is 3.04. The molecule has 0 saturated carbocycles.